The van der Waals surface area contributed by atoms with E-state index in [-0.39, 0.29) is 6.04 Å². The molecule has 2 N–H and O–H groups in total. The van der Waals surface area contributed by atoms with E-state index in [1.54, 1.807) is 11.3 Å². The van der Waals surface area contributed by atoms with Gasteiger partial charge in [0.05, 0.1) is 6.04 Å². The van der Waals surface area contributed by atoms with Crippen LogP contribution in [0.1, 0.15) is 22.0 Å². The topological polar surface area (TPSA) is 26.0 Å². The molecule has 78 valence electrons. The number of thiophene rings is 1. The highest BCUT2D eigenvalue weighted by Gasteiger charge is 2.12. The lowest BCUT2D eigenvalue weighted by atomic mass is 10.0. The third-order valence-corrected chi connectivity index (χ3v) is 4.04. The van der Waals surface area contributed by atoms with E-state index in [0.717, 1.165) is 10.0 Å². The quantitative estimate of drug-likeness (QED) is 0.889. The Bertz CT molecular complexity index is 447. The molecule has 0 saturated heterocycles. The predicted molar refractivity (Wildman–Crippen MR) is 69.2 cm³/mol. The number of nitrogens with two attached hydrogens (primary N) is 1. The van der Waals surface area contributed by atoms with Crippen LogP contribution < -0.4 is 5.73 Å². The van der Waals surface area contributed by atoms with Gasteiger partial charge in [0.15, 0.2) is 0 Å². The van der Waals surface area contributed by atoms with Crippen LogP contribution in [0.3, 0.4) is 0 Å². The fraction of sp³-hybridized carbons (Fsp3) is 0.167. The Morgan fingerprint density at radius 1 is 1.20 bits per heavy atom. The largest absolute Gasteiger partial charge is 0.320 e. The lowest BCUT2D eigenvalue weighted by Gasteiger charge is -2.11. The Hall–Kier alpha value is -0.640. The monoisotopic (exact) mass is 281 g/mol. The molecule has 2 aromatic rings. The molecule has 15 heavy (non-hydrogen) atoms. The maximum absolute atomic E-state index is 6.21. The van der Waals surface area contributed by atoms with Gasteiger partial charge in [-0.1, -0.05) is 28.1 Å². The number of hydrogen-bond acceptors (Lipinski definition) is 2. The van der Waals surface area contributed by atoms with E-state index >= 15 is 0 Å². The molecule has 1 atom stereocenters. The second kappa shape index (κ2) is 4.47. The first kappa shape index (κ1) is 10.9. The molecule has 0 fully saturated rings. The Balaban J connectivity index is 2.32. The second-order valence-electron chi connectivity index (χ2n) is 3.50. The number of rotatable bonds is 2. The minimum Gasteiger partial charge on any atom is -0.320 e. The van der Waals surface area contributed by atoms with Gasteiger partial charge in [0, 0.05) is 9.35 Å². The standard InChI is InChI=1S/C12H12BrNS/c1-8-6-7-15-12(8)11(14)9-2-4-10(13)5-3-9/h2-7,11H,14H2,1H3. The molecule has 3 heteroatoms. The van der Waals surface area contributed by atoms with Gasteiger partial charge in [-0.2, -0.15) is 0 Å². The molecule has 1 unspecified atom stereocenters. The molecule has 0 radical (unpaired) electrons. The zero-order valence-electron chi connectivity index (χ0n) is 8.41. The van der Waals surface area contributed by atoms with Crippen molar-refractivity contribution in [3.05, 3.63) is 56.2 Å². The maximum Gasteiger partial charge on any atom is 0.0648 e. The first-order chi connectivity index (χ1) is 7.18. The van der Waals surface area contributed by atoms with Gasteiger partial charge in [-0.15, -0.1) is 11.3 Å². The highest BCUT2D eigenvalue weighted by atomic mass is 79.9. The van der Waals surface area contributed by atoms with Crippen LogP contribution in [0.5, 0.6) is 0 Å². The Kier molecular flexibility index (Phi) is 3.24. The van der Waals surface area contributed by atoms with Crippen molar-refractivity contribution in [2.24, 2.45) is 5.73 Å². The van der Waals surface area contributed by atoms with Gasteiger partial charge in [0.1, 0.15) is 0 Å². The van der Waals surface area contributed by atoms with Crippen LogP contribution >= 0.6 is 27.3 Å². The van der Waals surface area contributed by atoms with Crippen molar-refractivity contribution in [2.75, 3.05) is 0 Å². The predicted octanol–water partition coefficient (Wildman–Crippen LogP) is 3.87. The molecule has 0 amide bonds. The van der Waals surface area contributed by atoms with Crippen LogP contribution in [0.4, 0.5) is 0 Å². The molecule has 0 aliphatic rings. The van der Waals surface area contributed by atoms with Crippen LogP contribution in [-0.2, 0) is 0 Å². The first-order valence-electron chi connectivity index (χ1n) is 4.73. The molecule has 1 heterocycles. The summed E-state index contributed by atoms with van der Waals surface area (Å²) in [5.41, 5.74) is 8.64. The van der Waals surface area contributed by atoms with Crippen LogP contribution in [0.2, 0.25) is 0 Å². The minimum absolute atomic E-state index is 0.00176. The molecule has 0 aliphatic heterocycles. The van der Waals surface area contributed by atoms with E-state index in [9.17, 15) is 0 Å². The summed E-state index contributed by atoms with van der Waals surface area (Å²) in [6, 6.07) is 10.3. The van der Waals surface area contributed by atoms with Crippen LogP contribution in [0.25, 0.3) is 0 Å². The molecule has 2 rings (SSSR count). The van der Waals surface area contributed by atoms with E-state index in [1.165, 1.54) is 10.4 Å². The highest BCUT2D eigenvalue weighted by molar-refractivity contribution is 9.10. The zero-order valence-corrected chi connectivity index (χ0v) is 10.8. The van der Waals surface area contributed by atoms with Gasteiger partial charge in [-0.25, -0.2) is 0 Å². The lowest BCUT2D eigenvalue weighted by Crippen LogP contribution is -2.10. The van der Waals surface area contributed by atoms with Crippen molar-refractivity contribution < 1.29 is 0 Å². The summed E-state index contributed by atoms with van der Waals surface area (Å²) >= 11 is 5.14. The van der Waals surface area contributed by atoms with Gasteiger partial charge in [0.25, 0.3) is 0 Å². The molecular weight excluding hydrogens is 270 g/mol. The Morgan fingerprint density at radius 3 is 2.40 bits per heavy atom. The van der Waals surface area contributed by atoms with Gasteiger partial charge in [-0.05, 0) is 41.6 Å². The summed E-state index contributed by atoms with van der Waals surface area (Å²) in [7, 11) is 0. The lowest BCUT2D eigenvalue weighted by molar-refractivity contribution is 0.885. The smallest absolute Gasteiger partial charge is 0.0648 e. The number of hydrogen-bond donors (Lipinski definition) is 1. The molecule has 0 spiro atoms. The normalized spacial score (nSPS) is 12.7. The van der Waals surface area contributed by atoms with Crippen LogP contribution in [0.15, 0.2) is 40.2 Å². The average molecular weight is 282 g/mol. The van der Waals surface area contributed by atoms with Gasteiger partial charge in [0.2, 0.25) is 0 Å². The van der Waals surface area contributed by atoms with Crippen molar-refractivity contribution >= 4 is 27.3 Å². The number of halogens is 1. The van der Waals surface area contributed by atoms with Crippen LogP contribution in [-0.4, -0.2) is 0 Å². The zero-order chi connectivity index (χ0) is 10.8. The van der Waals surface area contributed by atoms with Crippen molar-refractivity contribution in [3.63, 3.8) is 0 Å². The highest BCUT2D eigenvalue weighted by Crippen LogP contribution is 2.27. The molecule has 0 aliphatic carbocycles. The maximum atomic E-state index is 6.21. The molecule has 1 aromatic heterocycles. The molecule has 1 aromatic carbocycles. The summed E-state index contributed by atoms with van der Waals surface area (Å²) in [6.07, 6.45) is 0. The fourth-order valence-corrected chi connectivity index (χ4v) is 2.74. The SMILES string of the molecule is Cc1ccsc1C(N)c1ccc(Br)cc1. The van der Waals surface area contributed by atoms with Crippen molar-refractivity contribution in [3.8, 4) is 0 Å². The van der Waals surface area contributed by atoms with E-state index in [0.29, 0.717) is 0 Å². The van der Waals surface area contributed by atoms with Crippen molar-refractivity contribution in [1.29, 1.82) is 0 Å². The number of benzene rings is 1. The fourth-order valence-electron chi connectivity index (χ4n) is 1.52. The summed E-state index contributed by atoms with van der Waals surface area (Å²) in [4.78, 5) is 1.25. The summed E-state index contributed by atoms with van der Waals surface area (Å²) in [5, 5.41) is 2.09. The van der Waals surface area contributed by atoms with Crippen molar-refractivity contribution in [2.45, 2.75) is 13.0 Å². The van der Waals surface area contributed by atoms with Gasteiger partial charge < -0.3 is 5.73 Å². The third kappa shape index (κ3) is 2.30. The second-order valence-corrected chi connectivity index (χ2v) is 5.36. The Labute approximate surface area is 102 Å². The molecule has 0 bridgehead atoms. The van der Waals surface area contributed by atoms with Gasteiger partial charge in [-0.3, -0.25) is 0 Å². The molecule has 0 saturated carbocycles. The van der Waals surface area contributed by atoms with E-state index in [4.69, 9.17) is 5.73 Å². The average Bonchev–Trinajstić information content (AvgIpc) is 2.65. The minimum atomic E-state index is -0.00176. The Morgan fingerprint density at radius 2 is 1.87 bits per heavy atom. The first-order valence-corrected chi connectivity index (χ1v) is 6.41. The van der Waals surface area contributed by atoms with E-state index in [1.807, 2.05) is 12.1 Å². The summed E-state index contributed by atoms with van der Waals surface area (Å²) < 4.78 is 1.08. The van der Waals surface area contributed by atoms with Gasteiger partial charge >= 0.3 is 0 Å². The van der Waals surface area contributed by atoms with E-state index < -0.39 is 0 Å². The molecule has 1 nitrogen and oxygen atoms in total. The number of aryl methyl sites for hydroxylation is 1. The van der Waals surface area contributed by atoms with Crippen molar-refractivity contribution in [1.82, 2.24) is 0 Å². The summed E-state index contributed by atoms with van der Waals surface area (Å²) in [5.74, 6) is 0. The third-order valence-electron chi connectivity index (χ3n) is 2.41. The van der Waals surface area contributed by atoms with Crippen LogP contribution in [0, 0.1) is 6.92 Å². The summed E-state index contributed by atoms with van der Waals surface area (Å²) in [6.45, 7) is 2.10. The van der Waals surface area contributed by atoms with E-state index in [2.05, 4.69) is 46.4 Å². The molecular formula is C12H12BrNS.